The van der Waals surface area contributed by atoms with Crippen LogP contribution in [0.3, 0.4) is 0 Å². The Kier molecular flexibility index (Phi) is 8.89. The number of hydrogen-bond acceptors (Lipinski definition) is 9. The van der Waals surface area contributed by atoms with E-state index >= 15 is 0 Å². The summed E-state index contributed by atoms with van der Waals surface area (Å²) in [5.41, 5.74) is 17.6. The zero-order valence-electron chi connectivity index (χ0n) is 22.0. The number of nitrogens with two attached hydrogens (primary N) is 2. The number of halogens is 1. The maximum Gasteiger partial charge on any atom is 0.206 e. The molecule has 4 aromatic heterocycles. The highest BCUT2D eigenvalue weighted by atomic mass is 35.5. The Morgan fingerprint density at radius 3 is 2.30 bits per heavy atom. The van der Waals surface area contributed by atoms with Gasteiger partial charge in [0.15, 0.2) is 5.78 Å². The Balaban J connectivity index is 0.000000184. The highest BCUT2D eigenvalue weighted by molar-refractivity contribution is 7.19. The average molecular weight is 626 g/mol. The topological polar surface area (TPSA) is 89.4 Å². The first-order valence-corrected chi connectivity index (χ1v) is 16.4. The van der Waals surface area contributed by atoms with Crippen LogP contribution in [0, 0.1) is 13.8 Å². The summed E-state index contributed by atoms with van der Waals surface area (Å²) in [7, 11) is 0. The minimum Gasteiger partial charge on any atom is -0.390 e. The molecule has 0 radical (unpaired) electrons. The molecule has 206 valence electrons. The minimum atomic E-state index is 0.00316. The molecule has 0 saturated carbocycles. The molecule has 6 rings (SSSR count). The van der Waals surface area contributed by atoms with Crippen LogP contribution in [0.2, 0.25) is 4.34 Å². The minimum absolute atomic E-state index is 0.00316. The number of benzene rings is 1. The second kappa shape index (κ2) is 12.4. The van der Waals surface area contributed by atoms with Crippen LogP contribution in [-0.4, -0.2) is 23.0 Å². The zero-order chi connectivity index (χ0) is 28.4. The zero-order valence-corrected chi connectivity index (χ0v) is 26.1. The monoisotopic (exact) mass is 625 g/mol. The van der Waals surface area contributed by atoms with Crippen LogP contribution in [-0.2, 0) is 19.5 Å². The van der Waals surface area contributed by atoms with Gasteiger partial charge >= 0.3 is 0 Å². The Hall–Kier alpha value is -2.79. The molecule has 5 nitrogen and oxygen atoms in total. The fourth-order valence-electron chi connectivity index (χ4n) is 4.74. The largest absolute Gasteiger partial charge is 0.390 e. The molecule has 4 N–H and O–H groups in total. The van der Waals surface area contributed by atoms with Crippen LogP contribution >= 0.6 is 56.9 Å². The van der Waals surface area contributed by atoms with E-state index in [0.717, 1.165) is 47.6 Å². The molecule has 0 aliphatic carbocycles. The van der Waals surface area contributed by atoms with E-state index in [0.29, 0.717) is 30.3 Å². The van der Waals surface area contributed by atoms with Crippen molar-refractivity contribution in [3.63, 3.8) is 0 Å². The number of aryl methyl sites for hydroxylation is 1. The molecule has 0 atom stereocenters. The van der Waals surface area contributed by atoms with Crippen LogP contribution < -0.4 is 11.5 Å². The fraction of sp³-hybridized carbons (Fsp3) is 0.200. The number of rotatable bonds is 6. The van der Waals surface area contributed by atoms with Crippen LogP contribution in [0.25, 0.3) is 0 Å². The SMILES string of the molecule is Cc1sc(N)c(C(=O)c2ccsc2)c1C.Nc1sc2c(c1C(=O)c1ccc(Cl)s1)CCN(Cc1ccccc1)C2. The van der Waals surface area contributed by atoms with E-state index in [1.807, 2.05) is 36.7 Å². The summed E-state index contributed by atoms with van der Waals surface area (Å²) in [5, 5.41) is 5.01. The predicted octanol–water partition coefficient (Wildman–Crippen LogP) is 8.07. The lowest BCUT2D eigenvalue weighted by Crippen LogP contribution is -2.29. The van der Waals surface area contributed by atoms with Crippen LogP contribution in [0.15, 0.2) is 59.3 Å². The highest BCUT2D eigenvalue weighted by Crippen LogP contribution is 2.38. The van der Waals surface area contributed by atoms with Crippen molar-refractivity contribution in [3.8, 4) is 0 Å². The molecule has 5 aromatic rings. The Morgan fingerprint density at radius 1 is 0.925 bits per heavy atom. The van der Waals surface area contributed by atoms with Gasteiger partial charge in [-0.2, -0.15) is 11.3 Å². The molecule has 0 bridgehead atoms. The van der Waals surface area contributed by atoms with Crippen LogP contribution in [0.1, 0.15) is 57.6 Å². The van der Waals surface area contributed by atoms with E-state index < -0.39 is 0 Å². The molecule has 5 heterocycles. The van der Waals surface area contributed by atoms with Crippen molar-refractivity contribution in [2.45, 2.75) is 33.4 Å². The van der Waals surface area contributed by atoms with Crippen LogP contribution in [0.4, 0.5) is 10.0 Å². The number of carbonyl (C=O) groups excluding carboxylic acids is 2. The van der Waals surface area contributed by atoms with Gasteiger partial charge in [0, 0.05) is 40.3 Å². The molecule has 1 aromatic carbocycles. The Morgan fingerprint density at radius 2 is 1.68 bits per heavy atom. The summed E-state index contributed by atoms with van der Waals surface area (Å²) in [6.07, 6.45) is 0.857. The summed E-state index contributed by atoms with van der Waals surface area (Å²) in [4.78, 5) is 30.3. The van der Waals surface area contributed by atoms with Crippen molar-refractivity contribution in [1.82, 2.24) is 4.90 Å². The number of nitrogens with zero attached hydrogens (tertiary/aromatic N) is 1. The Bertz CT molecular complexity index is 1650. The van der Waals surface area contributed by atoms with Gasteiger partial charge in [-0.25, -0.2) is 0 Å². The molecule has 0 saturated heterocycles. The van der Waals surface area contributed by atoms with Gasteiger partial charge in [-0.05, 0) is 60.5 Å². The second-order valence-corrected chi connectivity index (χ2v) is 14.4. The van der Waals surface area contributed by atoms with E-state index in [1.54, 1.807) is 23.5 Å². The number of hydrogen-bond donors (Lipinski definition) is 2. The molecule has 1 aliphatic rings. The quantitative estimate of drug-likeness (QED) is 0.186. The fourth-order valence-corrected chi connectivity index (χ4v) is 8.45. The second-order valence-electron chi connectivity index (χ2n) is 9.49. The smallest absolute Gasteiger partial charge is 0.206 e. The van der Waals surface area contributed by atoms with Gasteiger partial charge in [0.05, 0.1) is 30.3 Å². The third kappa shape index (κ3) is 6.10. The number of anilines is 2. The van der Waals surface area contributed by atoms with E-state index in [2.05, 4.69) is 29.2 Å². The summed E-state index contributed by atoms with van der Waals surface area (Å²) < 4.78 is 0.625. The van der Waals surface area contributed by atoms with Gasteiger partial charge in [-0.15, -0.1) is 34.0 Å². The molecule has 10 heteroatoms. The van der Waals surface area contributed by atoms with E-state index in [9.17, 15) is 9.59 Å². The number of fused-ring (bicyclic) bond motifs is 1. The average Bonchev–Trinajstić information content (AvgIpc) is 3.72. The molecule has 1 aliphatic heterocycles. The lowest BCUT2D eigenvalue weighted by molar-refractivity contribution is 0.103. The van der Waals surface area contributed by atoms with E-state index in [1.165, 1.54) is 44.5 Å². The van der Waals surface area contributed by atoms with Gasteiger partial charge in [0.2, 0.25) is 5.78 Å². The van der Waals surface area contributed by atoms with Gasteiger partial charge in [0.25, 0.3) is 0 Å². The molecule has 0 unspecified atom stereocenters. The van der Waals surface area contributed by atoms with Crippen molar-refractivity contribution >= 4 is 78.5 Å². The van der Waals surface area contributed by atoms with E-state index in [-0.39, 0.29) is 11.6 Å². The first kappa shape index (κ1) is 28.7. The maximum absolute atomic E-state index is 12.9. The summed E-state index contributed by atoms with van der Waals surface area (Å²) in [6, 6.07) is 15.8. The molecular weight excluding hydrogens is 598 g/mol. The molecule has 0 amide bonds. The number of thiophene rings is 4. The van der Waals surface area contributed by atoms with Crippen molar-refractivity contribution in [2.75, 3.05) is 18.0 Å². The van der Waals surface area contributed by atoms with Gasteiger partial charge in [0.1, 0.15) is 0 Å². The van der Waals surface area contributed by atoms with Crippen molar-refractivity contribution in [2.24, 2.45) is 0 Å². The number of ketones is 2. The van der Waals surface area contributed by atoms with Gasteiger partial charge in [-0.1, -0.05) is 41.9 Å². The standard InChI is InChI=1S/C19H17ClN2OS2.C11H11NOS2/c20-16-7-6-14(24-16)18(23)17-13-8-9-22(11-15(13)25-19(17)21)10-12-4-2-1-3-5-12;1-6-7(2)15-11(12)9(6)10(13)8-3-4-14-5-8/h1-7H,8-11,21H2;3-5H,12H2,1-2H3. The first-order chi connectivity index (χ1) is 19.2. The first-order valence-electron chi connectivity index (χ1n) is 12.6. The third-order valence-electron chi connectivity index (χ3n) is 6.86. The maximum atomic E-state index is 12.9. The summed E-state index contributed by atoms with van der Waals surface area (Å²) >= 11 is 11.8. The van der Waals surface area contributed by atoms with Gasteiger partial charge in [-0.3, -0.25) is 14.5 Å². The van der Waals surface area contributed by atoms with Crippen molar-refractivity contribution in [3.05, 3.63) is 112 Å². The predicted molar refractivity (Wildman–Crippen MR) is 172 cm³/mol. The lowest BCUT2D eigenvalue weighted by Gasteiger charge is -2.27. The van der Waals surface area contributed by atoms with Crippen molar-refractivity contribution < 1.29 is 9.59 Å². The molecule has 0 spiro atoms. The summed E-state index contributed by atoms with van der Waals surface area (Å²) in [6.45, 7) is 6.63. The normalized spacial score (nSPS) is 13.0. The highest BCUT2D eigenvalue weighted by Gasteiger charge is 2.28. The molecule has 0 fully saturated rings. The van der Waals surface area contributed by atoms with Crippen molar-refractivity contribution in [1.29, 1.82) is 0 Å². The number of carbonyl (C=O) groups is 2. The lowest BCUT2D eigenvalue weighted by atomic mass is 9.99. The van der Waals surface area contributed by atoms with Crippen LogP contribution in [0.5, 0.6) is 0 Å². The molecule has 40 heavy (non-hydrogen) atoms. The van der Waals surface area contributed by atoms with E-state index in [4.69, 9.17) is 23.1 Å². The third-order valence-corrected chi connectivity index (χ3v) is 10.9. The van der Waals surface area contributed by atoms with Gasteiger partial charge < -0.3 is 11.5 Å². The summed E-state index contributed by atoms with van der Waals surface area (Å²) in [5.74, 6) is 0.0407. The number of nitrogen functional groups attached to an aromatic ring is 2. The molecular formula is C30H28ClN3O2S4. The Labute approximate surface area is 254 Å².